The highest BCUT2D eigenvalue weighted by Gasteiger charge is 2.10. The van der Waals surface area contributed by atoms with Crippen LogP contribution in [-0.4, -0.2) is 16.5 Å². The summed E-state index contributed by atoms with van der Waals surface area (Å²) in [6, 6.07) is 16.1. The number of fused-ring (bicyclic) bond motifs is 1. The van der Waals surface area contributed by atoms with Crippen molar-refractivity contribution >= 4 is 11.1 Å². The Labute approximate surface area is 129 Å². The Morgan fingerprint density at radius 1 is 1.05 bits per heavy atom. The molecule has 0 aliphatic carbocycles. The second-order valence-electron chi connectivity index (χ2n) is 5.59. The van der Waals surface area contributed by atoms with Gasteiger partial charge >= 0.3 is 5.76 Å². The van der Waals surface area contributed by atoms with Gasteiger partial charge in [-0.15, -0.1) is 0 Å². The molecule has 0 aliphatic rings. The van der Waals surface area contributed by atoms with E-state index in [1.165, 1.54) is 11.1 Å². The number of benzene rings is 2. The average Bonchev–Trinajstić information content (AvgIpc) is 2.84. The second kappa shape index (κ2) is 6.20. The maximum atomic E-state index is 12.0. The molecular formula is C18H20N2O2. The molecule has 0 spiro atoms. The minimum absolute atomic E-state index is 0.311. The first kappa shape index (κ1) is 14.6. The Hall–Kier alpha value is -2.33. The van der Waals surface area contributed by atoms with Crippen LogP contribution < -0.4 is 5.76 Å². The van der Waals surface area contributed by atoms with Crippen molar-refractivity contribution in [1.29, 1.82) is 0 Å². The molecule has 22 heavy (non-hydrogen) atoms. The number of rotatable bonds is 5. The third-order valence-electron chi connectivity index (χ3n) is 3.84. The molecule has 0 radical (unpaired) electrons. The lowest BCUT2D eigenvalue weighted by molar-refractivity contribution is 0.253. The number of para-hydroxylation sites is 2. The number of hydrogen-bond donors (Lipinski definition) is 0. The zero-order chi connectivity index (χ0) is 15.5. The highest BCUT2D eigenvalue weighted by atomic mass is 16.4. The third-order valence-corrected chi connectivity index (χ3v) is 3.84. The standard InChI is InChI=1S/C18H20N2O2/c1-3-14-8-10-15(11-9-14)12-19(2)13-20-16-6-4-5-7-17(16)22-18(20)21/h4-11H,3,12-13H2,1-2H3. The van der Waals surface area contributed by atoms with Crippen molar-refractivity contribution in [3.63, 3.8) is 0 Å². The van der Waals surface area contributed by atoms with E-state index in [9.17, 15) is 4.79 Å². The summed E-state index contributed by atoms with van der Waals surface area (Å²) >= 11 is 0. The van der Waals surface area contributed by atoms with Gasteiger partial charge in [-0.2, -0.15) is 0 Å². The van der Waals surface area contributed by atoms with Crippen LogP contribution in [0.1, 0.15) is 18.1 Å². The molecule has 1 heterocycles. The monoisotopic (exact) mass is 296 g/mol. The summed E-state index contributed by atoms with van der Waals surface area (Å²) < 4.78 is 6.92. The summed E-state index contributed by atoms with van der Waals surface area (Å²) in [5.41, 5.74) is 4.04. The summed E-state index contributed by atoms with van der Waals surface area (Å²) in [6.07, 6.45) is 1.05. The molecule has 0 unspecified atom stereocenters. The van der Waals surface area contributed by atoms with Gasteiger partial charge in [0, 0.05) is 6.54 Å². The van der Waals surface area contributed by atoms with Crippen LogP contribution in [0, 0.1) is 0 Å². The lowest BCUT2D eigenvalue weighted by Crippen LogP contribution is -2.27. The van der Waals surface area contributed by atoms with E-state index < -0.39 is 0 Å². The predicted molar refractivity (Wildman–Crippen MR) is 87.8 cm³/mol. The molecule has 0 saturated carbocycles. The van der Waals surface area contributed by atoms with Crippen molar-refractivity contribution in [2.45, 2.75) is 26.6 Å². The van der Waals surface area contributed by atoms with Gasteiger partial charge in [0.05, 0.1) is 12.2 Å². The van der Waals surface area contributed by atoms with Gasteiger partial charge in [0.1, 0.15) is 0 Å². The van der Waals surface area contributed by atoms with Gasteiger partial charge < -0.3 is 4.42 Å². The number of nitrogens with zero attached hydrogens (tertiary/aromatic N) is 2. The van der Waals surface area contributed by atoms with E-state index in [1.807, 2.05) is 31.3 Å². The molecule has 4 nitrogen and oxygen atoms in total. The van der Waals surface area contributed by atoms with Gasteiger partial charge in [-0.3, -0.25) is 9.47 Å². The van der Waals surface area contributed by atoms with Crippen molar-refractivity contribution in [3.8, 4) is 0 Å². The Morgan fingerprint density at radius 2 is 1.73 bits per heavy atom. The molecular weight excluding hydrogens is 276 g/mol. The SMILES string of the molecule is CCc1ccc(CN(C)Cn2c(=O)oc3ccccc32)cc1. The Morgan fingerprint density at radius 3 is 2.45 bits per heavy atom. The van der Waals surface area contributed by atoms with Gasteiger partial charge in [0.25, 0.3) is 0 Å². The zero-order valence-electron chi connectivity index (χ0n) is 13.0. The molecule has 0 fully saturated rings. The number of oxazole rings is 1. The summed E-state index contributed by atoms with van der Waals surface area (Å²) in [5, 5.41) is 0. The molecule has 0 atom stereocenters. The van der Waals surface area contributed by atoms with Gasteiger partial charge in [-0.25, -0.2) is 4.79 Å². The quantitative estimate of drug-likeness (QED) is 0.725. The van der Waals surface area contributed by atoms with Gasteiger partial charge in [-0.05, 0) is 36.7 Å². The Kier molecular flexibility index (Phi) is 4.11. The van der Waals surface area contributed by atoms with E-state index in [-0.39, 0.29) is 5.76 Å². The van der Waals surface area contributed by atoms with Crippen molar-refractivity contribution < 1.29 is 4.42 Å². The van der Waals surface area contributed by atoms with Crippen molar-refractivity contribution in [2.75, 3.05) is 7.05 Å². The van der Waals surface area contributed by atoms with E-state index in [4.69, 9.17) is 4.42 Å². The number of aromatic nitrogens is 1. The fourth-order valence-electron chi connectivity index (χ4n) is 2.63. The van der Waals surface area contributed by atoms with Crippen LogP contribution in [0.25, 0.3) is 11.1 Å². The lowest BCUT2D eigenvalue weighted by atomic mass is 10.1. The van der Waals surface area contributed by atoms with Crippen LogP contribution in [0.4, 0.5) is 0 Å². The minimum Gasteiger partial charge on any atom is -0.408 e. The number of aryl methyl sites for hydroxylation is 1. The minimum atomic E-state index is -0.311. The smallest absolute Gasteiger partial charge is 0.408 e. The topological polar surface area (TPSA) is 38.4 Å². The maximum absolute atomic E-state index is 12.0. The molecule has 0 amide bonds. The molecule has 0 N–H and O–H groups in total. The fraction of sp³-hybridized carbons (Fsp3) is 0.278. The summed E-state index contributed by atoms with van der Waals surface area (Å²) in [7, 11) is 2.00. The predicted octanol–water partition coefficient (Wildman–Crippen LogP) is 3.25. The first-order valence-electron chi connectivity index (χ1n) is 7.52. The molecule has 0 aliphatic heterocycles. The van der Waals surface area contributed by atoms with E-state index >= 15 is 0 Å². The molecule has 1 aromatic heterocycles. The van der Waals surface area contributed by atoms with Crippen LogP contribution in [0.2, 0.25) is 0 Å². The van der Waals surface area contributed by atoms with E-state index in [2.05, 4.69) is 36.1 Å². The zero-order valence-corrected chi connectivity index (χ0v) is 13.0. The first-order valence-corrected chi connectivity index (χ1v) is 7.52. The first-order chi connectivity index (χ1) is 10.7. The van der Waals surface area contributed by atoms with Crippen LogP contribution in [0.5, 0.6) is 0 Å². The van der Waals surface area contributed by atoms with Crippen molar-refractivity contribution in [1.82, 2.24) is 9.47 Å². The summed E-state index contributed by atoms with van der Waals surface area (Å²) in [5.74, 6) is -0.311. The van der Waals surface area contributed by atoms with Crippen LogP contribution in [0.15, 0.2) is 57.7 Å². The van der Waals surface area contributed by atoms with Crippen LogP contribution in [0.3, 0.4) is 0 Å². The molecule has 4 heteroatoms. The molecule has 2 aromatic carbocycles. The molecule has 0 bridgehead atoms. The average molecular weight is 296 g/mol. The Bertz CT molecular complexity index is 815. The largest absolute Gasteiger partial charge is 0.421 e. The molecule has 3 rings (SSSR count). The van der Waals surface area contributed by atoms with Gasteiger partial charge in [0.2, 0.25) is 0 Å². The van der Waals surface area contributed by atoms with Gasteiger partial charge in [0.15, 0.2) is 5.58 Å². The van der Waals surface area contributed by atoms with E-state index in [1.54, 1.807) is 4.57 Å². The molecule has 3 aromatic rings. The third kappa shape index (κ3) is 2.97. The fourth-order valence-corrected chi connectivity index (χ4v) is 2.63. The van der Waals surface area contributed by atoms with Crippen LogP contribution >= 0.6 is 0 Å². The summed E-state index contributed by atoms with van der Waals surface area (Å²) in [6.45, 7) is 3.44. The van der Waals surface area contributed by atoms with Gasteiger partial charge in [-0.1, -0.05) is 43.3 Å². The molecule has 0 saturated heterocycles. The normalized spacial score (nSPS) is 11.4. The maximum Gasteiger partial charge on any atom is 0.421 e. The summed E-state index contributed by atoms with van der Waals surface area (Å²) in [4.78, 5) is 14.1. The second-order valence-corrected chi connectivity index (χ2v) is 5.59. The lowest BCUT2D eigenvalue weighted by Gasteiger charge is -2.17. The highest BCUT2D eigenvalue weighted by molar-refractivity contribution is 5.72. The van der Waals surface area contributed by atoms with Crippen molar-refractivity contribution in [2.24, 2.45) is 0 Å². The highest BCUT2D eigenvalue weighted by Crippen LogP contribution is 2.13. The Balaban J connectivity index is 1.76. The van der Waals surface area contributed by atoms with E-state index in [0.29, 0.717) is 12.3 Å². The number of hydrogen-bond acceptors (Lipinski definition) is 3. The van der Waals surface area contributed by atoms with Crippen molar-refractivity contribution in [3.05, 3.63) is 70.2 Å². The van der Waals surface area contributed by atoms with Crippen LogP contribution in [-0.2, 0) is 19.6 Å². The molecule has 114 valence electrons. The van der Waals surface area contributed by atoms with E-state index in [0.717, 1.165) is 18.5 Å².